The van der Waals surface area contributed by atoms with E-state index in [9.17, 15) is 9.59 Å². The highest BCUT2D eigenvalue weighted by atomic mass is 32.1. The summed E-state index contributed by atoms with van der Waals surface area (Å²) >= 11 is 1.39. The van der Waals surface area contributed by atoms with Gasteiger partial charge in [-0.25, -0.2) is 0 Å². The molecule has 3 aromatic rings. The Morgan fingerprint density at radius 2 is 2.00 bits per heavy atom. The molecule has 30 heavy (non-hydrogen) atoms. The third-order valence-electron chi connectivity index (χ3n) is 4.51. The third-order valence-corrected chi connectivity index (χ3v) is 5.38. The molecule has 2 amide bonds. The average Bonchev–Trinajstić information content (AvgIpc) is 3.44. The first-order valence-corrected chi connectivity index (χ1v) is 10.3. The number of nitrogens with one attached hydrogen (secondary N) is 1. The van der Waals surface area contributed by atoms with Crippen molar-refractivity contribution in [3.8, 4) is 0 Å². The van der Waals surface area contributed by atoms with Crippen molar-refractivity contribution in [2.24, 2.45) is 0 Å². The minimum atomic E-state index is -0.213. The lowest BCUT2D eigenvalue weighted by Gasteiger charge is -2.25. The van der Waals surface area contributed by atoms with Crippen molar-refractivity contribution in [2.75, 3.05) is 44.6 Å². The van der Waals surface area contributed by atoms with Gasteiger partial charge in [0.25, 0.3) is 11.8 Å². The second-order valence-electron chi connectivity index (χ2n) is 6.87. The fourth-order valence-electron chi connectivity index (χ4n) is 3.04. The van der Waals surface area contributed by atoms with Crippen LogP contribution in [0.1, 0.15) is 25.8 Å². The third kappa shape index (κ3) is 5.28. The van der Waals surface area contributed by atoms with E-state index in [-0.39, 0.29) is 17.6 Å². The van der Waals surface area contributed by atoms with Crippen LogP contribution in [0.3, 0.4) is 0 Å². The van der Waals surface area contributed by atoms with Crippen LogP contribution in [-0.4, -0.2) is 51.1 Å². The molecule has 0 aliphatic rings. The number of furan rings is 1. The topological polar surface area (TPSA) is 75.0 Å². The molecular formula is C22H25N3O4S. The Morgan fingerprint density at radius 1 is 1.17 bits per heavy atom. The van der Waals surface area contributed by atoms with Crippen LogP contribution >= 0.6 is 11.3 Å². The number of nitrogens with zero attached hydrogens (tertiary/aromatic N) is 2. The largest absolute Gasteiger partial charge is 0.459 e. The number of thiophene rings is 1. The van der Waals surface area contributed by atoms with Crippen LogP contribution in [0.5, 0.6) is 0 Å². The smallest absolute Gasteiger partial charge is 0.289 e. The van der Waals surface area contributed by atoms with Crippen LogP contribution in [0.2, 0.25) is 0 Å². The summed E-state index contributed by atoms with van der Waals surface area (Å²) in [7, 11) is 5.48. The van der Waals surface area contributed by atoms with E-state index in [4.69, 9.17) is 9.15 Å². The van der Waals surface area contributed by atoms with Gasteiger partial charge in [-0.15, -0.1) is 11.3 Å². The molecule has 0 saturated carbocycles. The number of hydrogen-bond acceptors (Lipinski definition) is 6. The number of benzene rings is 1. The highest BCUT2D eigenvalue weighted by Gasteiger charge is 2.20. The summed E-state index contributed by atoms with van der Waals surface area (Å²) in [5, 5.41) is 4.79. The Balaban J connectivity index is 1.86. The second kappa shape index (κ2) is 10.1. The lowest BCUT2D eigenvalue weighted by atomic mass is 10.1. The zero-order valence-corrected chi connectivity index (χ0v) is 18.1. The summed E-state index contributed by atoms with van der Waals surface area (Å²) in [6.45, 7) is 1.16. The average molecular weight is 428 g/mol. The first kappa shape index (κ1) is 21.6. The Labute approximate surface area is 179 Å². The molecule has 0 fully saturated rings. The number of carbonyl (C=O) groups excluding carboxylic acids is 2. The van der Waals surface area contributed by atoms with Crippen molar-refractivity contribution in [3.05, 3.63) is 70.3 Å². The van der Waals surface area contributed by atoms with Crippen molar-refractivity contribution in [2.45, 2.75) is 6.54 Å². The molecule has 0 saturated heterocycles. The van der Waals surface area contributed by atoms with Crippen LogP contribution in [0.25, 0.3) is 0 Å². The molecule has 0 atom stereocenters. The molecular weight excluding hydrogens is 402 g/mol. The van der Waals surface area contributed by atoms with Gasteiger partial charge >= 0.3 is 0 Å². The number of amides is 2. The van der Waals surface area contributed by atoms with Crippen molar-refractivity contribution in [3.63, 3.8) is 0 Å². The van der Waals surface area contributed by atoms with Crippen LogP contribution in [0.15, 0.2) is 58.5 Å². The summed E-state index contributed by atoms with van der Waals surface area (Å²) in [4.78, 5) is 29.6. The Morgan fingerprint density at radius 3 is 2.63 bits per heavy atom. The van der Waals surface area contributed by atoms with E-state index < -0.39 is 0 Å². The van der Waals surface area contributed by atoms with Crippen LogP contribution in [-0.2, 0) is 11.3 Å². The molecule has 2 aromatic heterocycles. The fraction of sp³-hybridized carbons (Fsp3) is 0.273. The van der Waals surface area contributed by atoms with E-state index in [0.29, 0.717) is 30.3 Å². The minimum Gasteiger partial charge on any atom is -0.459 e. The maximum Gasteiger partial charge on any atom is 0.289 e. The first-order chi connectivity index (χ1) is 14.5. The molecule has 1 N–H and O–H groups in total. The molecule has 158 valence electrons. The number of hydrogen-bond donors (Lipinski definition) is 1. The van der Waals surface area contributed by atoms with Crippen LogP contribution < -0.4 is 10.2 Å². The van der Waals surface area contributed by atoms with Gasteiger partial charge in [0.2, 0.25) is 0 Å². The maximum absolute atomic E-state index is 12.9. The second-order valence-corrected chi connectivity index (χ2v) is 7.81. The van der Waals surface area contributed by atoms with Crippen molar-refractivity contribution < 1.29 is 18.7 Å². The molecule has 1 aromatic carbocycles. The van der Waals surface area contributed by atoms with E-state index in [1.807, 2.05) is 48.6 Å². The molecule has 2 heterocycles. The van der Waals surface area contributed by atoms with E-state index in [1.54, 1.807) is 30.2 Å². The van der Waals surface area contributed by atoms with Crippen molar-refractivity contribution in [1.29, 1.82) is 0 Å². The SMILES string of the molecule is COCCN(Cc1cc(NC(=O)c2cccs2)ccc1N(C)C)C(=O)c1ccco1. The van der Waals surface area contributed by atoms with Gasteiger partial charge in [-0.2, -0.15) is 0 Å². The molecule has 0 unspecified atom stereocenters. The van der Waals surface area contributed by atoms with Crippen LogP contribution in [0.4, 0.5) is 11.4 Å². The van der Waals surface area contributed by atoms with Crippen LogP contribution in [0, 0.1) is 0 Å². The van der Waals surface area contributed by atoms with Gasteiger partial charge in [-0.1, -0.05) is 6.07 Å². The summed E-state index contributed by atoms with van der Waals surface area (Å²) in [6, 6.07) is 12.7. The Bertz CT molecular complexity index is 968. The zero-order chi connectivity index (χ0) is 21.5. The highest BCUT2D eigenvalue weighted by molar-refractivity contribution is 7.12. The predicted molar refractivity (Wildman–Crippen MR) is 118 cm³/mol. The molecule has 0 aliphatic carbocycles. The monoisotopic (exact) mass is 427 g/mol. The lowest BCUT2D eigenvalue weighted by Crippen LogP contribution is -2.33. The lowest BCUT2D eigenvalue weighted by molar-refractivity contribution is 0.0649. The summed E-state index contributed by atoms with van der Waals surface area (Å²) in [6.07, 6.45) is 1.48. The maximum atomic E-state index is 12.9. The predicted octanol–water partition coefficient (Wildman–Crippen LogP) is 3.95. The van der Waals surface area contributed by atoms with Gasteiger partial charge in [0.1, 0.15) is 0 Å². The number of carbonyl (C=O) groups is 2. The summed E-state index contributed by atoms with van der Waals surface area (Å²) in [5.41, 5.74) is 2.53. The normalized spacial score (nSPS) is 10.6. The van der Waals surface area contributed by atoms with Crippen molar-refractivity contribution >= 4 is 34.5 Å². The van der Waals surface area contributed by atoms with E-state index >= 15 is 0 Å². The van der Waals surface area contributed by atoms with E-state index in [2.05, 4.69) is 5.32 Å². The van der Waals surface area contributed by atoms with Gasteiger partial charge < -0.3 is 24.3 Å². The Kier molecular flexibility index (Phi) is 7.26. The summed E-state index contributed by atoms with van der Waals surface area (Å²) < 4.78 is 10.5. The standard InChI is InChI=1S/C22H25N3O4S/c1-24(2)18-9-8-17(23-21(26)20-7-5-13-30-20)14-16(18)15-25(10-12-28-3)22(27)19-6-4-11-29-19/h4-9,11,13-14H,10,12,15H2,1-3H3,(H,23,26). The number of rotatable bonds is 9. The molecule has 0 aliphatic heterocycles. The number of anilines is 2. The van der Waals surface area contributed by atoms with Gasteiger partial charge in [0, 0.05) is 45.7 Å². The zero-order valence-electron chi connectivity index (χ0n) is 17.3. The van der Waals surface area contributed by atoms with Gasteiger partial charge in [0.15, 0.2) is 5.76 Å². The molecule has 0 spiro atoms. The van der Waals surface area contributed by atoms with Gasteiger partial charge in [-0.3, -0.25) is 9.59 Å². The fourth-order valence-corrected chi connectivity index (χ4v) is 3.66. The van der Waals surface area contributed by atoms with Gasteiger partial charge in [-0.05, 0) is 47.3 Å². The number of methoxy groups -OCH3 is 1. The molecule has 7 nitrogen and oxygen atoms in total. The summed E-state index contributed by atoms with van der Waals surface area (Å²) in [5.74, 6) is -0.0918. The van der Waals surface area contributed by atoms with Crippen molar-refractivity contribution in [1.82, 2.24) is 4.90 Å². The van der Waals surface area contributed by atoms with E-state index in [1.165, 1.54) is 17.6 Å². The molecule has 3 rings (SSSR count). The van der Waals surface area contributed by atoms with E-state index in [0.717, 1.165) is 11.3 Å². The first-order valence-electron chi connectivity index (χ1n) is 9.46. The highest BCUT2D eigenvalue weighted by Crippen LogP contribution is 2.26. The molecule has 0 radical (unpaired) electrons. The number of ether oxygens (including phenoxy) is 1. The quantitative estimate of drug-likeness (QED) is 0.560. The minimum absolute atomic E-state index is 0.156. The van der Waals surface area contributed by atoms with Gasteiger partial charge in [0.05, 0.1) is 17.7 Å². The Hall–Kier alpha value is -3.10. The molecule has 8 heteroatoms. The molecule has 0 bridgehead atoms.